The van der Waals surface area contributed by atoms with Crippen LogP contribution in [-0.2, 0) is 6.42 Å². The van der Waals surface area contributed by atoms with Gasteiger partial charge in [-0.25, -0.2) is 4.98 Å². The average molecular weight is 270 g/mol. The molecule has 0 bridgehead atoms. The van der Waals surface area contributed by atoms with Gasteiger partial charge in [0.05, 0.1) is 6.61 Å². The Labute approximate surface area is 118 Å². The molecule has 2 heterocycles. The van der Waals surface area contributed by atoms with Crippen LogP contribution in [0.4, 0.5) is 11.8 Å². The molecule has 1 atom stereocenters. The number of rotatable bonds is 3. The Kier molecular flexibility index (Phi) is 3.41. The van der Waals surface area contributed by atoms with Gasteiger partial charge >= 0.3 is 0 Å². The normalized spacial score (nSPS) is 17.1. The van der Waals surface area contributed by atoms with E-state index in [0.29, 0.717) is 24.3 Å². The predicted octanol–water partition coefficient (Wildman–Crippen LogP) is 2.03. The SMILES string of the molecule is Cc1cc(N)nc(NCC2COc3ccccc3C2)n1. The van der Waals surface area contributed by atoms with Crippen LogP contribution >= 0.6 is 0 Å². The molecule has 2 aromatic rings. The number of nitrogens with zero attached hydrogens (tertiary/aromatic N) is 2. The van der Waals surface area contributed by atoms with Crippen LogP contribution in [0.2, 0.25) is 0 Å². The van der Waals surface area contributed by atoms with Gasteiger partial charge in [-0.05, 0) is 25.0 Å². The van der Waals surface area contributed by atoms with Gasteiger partial charge in [-0.2, -0.15) is 4.98 Å². The van der Waals surface area contributed by atoms with E-state index in [2.05, 4.69) is 21.4 Å². The smallest absolute Gasteiger partial charge is 0.224 e. The van der Waals surface area contributed by atoms with Crippen molar-refractivity contribution < 1.29 is 4.74 Å². The van der Waals surface area contributed by atoms with E-state index in [1.54, 1.807) is 6.07 Å². The second kappa shape index (κ2) is 5.36. The molecule has 1 unspecified atom stereocenters. The molecule has 0 saturated heterocycles. The number of benzene rings is 1. The Balaban J connectivity index is 1.62. The molecule has 0 aliphatic carbocycles. The molecule has 1 aliphatic rings. The van der Waals surface area contributed by atoms with Crippen molar-refractivity contribution in [3.05, 3.63) is 41.6 Å². The fraction of sp³-hybridized carbons (Fsp3) is 0.333. The van der Waals surface area contributed by atoms with Crippen molar-refractivity contribution in [1.82, 2.24) is 9.97 Å². The molecule has 3 N–H and O–H groups in total. The van der Waals surface area contributed by atoms with Gasteiger partial charge in [0.25, 0.3) is 0 Å². The molecule has 1 aliphatic heterocycles. The van der Waals surface area contributed by atoms with Crippen LogP contribution in [0.3, 0.4) is 0 Å². The summed E-state index contributed by atoms with van der Waals surface area (Å²) in [7, 11) is 0. The molecule has 0 fully saturated rings. The molecule has 20 heavy (non-hydrogen) atoms. The van der Waals surface area contributed by atoms with Crippen LogP contribution < -0.4 is 15.8 Å². The summed E-state index contributed by atoms with van der Waals surface area (Å²) in [6.07, 6.45) is 1.00. The van der Waals surface area contributed by atoms with Gasteiger partial charge in [0.2, 0.25) is 5.95 Å². The summed E-state index contributed by atoms with van der Waals surface area (Å²) in [6, 6.07) is 9.93. The minimum atomic E-state index is 0.412. The molecular weight excluding hydrogens is 252 g/mol. The van der Waals surface area contributed by atoms with E-state index in [9.17, 15) is 0 Å². The predicted molar refractivity (Wildman–Crippen MR) is 78.8 cm³/mol. The summed E-state index contributed by atoms with van der Waals surface area (Å²) in [5, 5.41) is 3.24. The number of anilines is 2. The van der Waals surface area contributed by atoms with Crippen LogP contribution in [0, 0.1) is 12.8 Å². The Morgan fingerprint density at radius 1 is 1.35 bits per heavy atom. The molecule has 0 spiro atoms. The lowest BCUT2D eigenvalue weighted by molar-refractivity contribution is 0.229. The van der Waals surface area contributed by atoms with Crippen molar-refractivity contribution >= 4 is 11.8 Å². The molecule has 3 rings (SSSR count). The molecule has 1 aromatic heterocycles. The maximum absolute atomic E-state index is 5.77. The van der Waals surface area contributed by atoms with Gasteiger partial charge in [-0.15, -0.1) is 0 Å². The van der Waals surface area contributed by atoms with E-state index in [1.165, 1.54) is 5.56 Å². The Morgan fingerprint density at radius 3 is 3.05 bits per heavy atom. The van der Waals surface area contributed by atoms with Crippen molar-refractivity contribution in [3.8, 4) is 5.75 Å². The monoisotopic (exact) mass is 270 g/mol. The summed E-state index contributed by atoms with van der Waals surface area (Å²) in [6.45, 7) is 3.39. The summed E-state index contributed by atoms with van der Waals surface area (Å²) in [5.41, 5.74) is 7.84. The molecular formula is C15H18N4O. The summed E-state index contributed by atoms with van der Waals surface area (Å²) >= 11 is 0. The van der Waals surface area contributed by atoms with Crippen molar-refractivity contribution in [2.45, 2.75) is 13.3 Å². The van der Waals surface area contributed by atoms with E-state index < -0.39 is 0 Å². The molecule has 5 heteroatoms. The first-order chi connectivity index (χ1) is 9.70. The molecule has 0 amide bonds. The number of hydrogen-bond acceptors (Lipinski definition) is 5. The number of nitrogen functional groups attached to an aromatic ring is 1. The molecule has 1 aromatic carbocycles. The zero-order chi connectivity index (χ0) is 13.9. The standard InChI is InChI=1S/C15H18N4O/c1-10-6-14(16)19-15(18-10)17-8-11-7-12-4-2-3-5-13(12)20-9-11/h2-6,11H,7-9H2,1H3,(H3,16,17,18,19). The van der Waals surface area contributed by atoms with Gasteiger partial charge in [-0.1, -0.05) is 18.2 Å². The summed E-state index contributed by atoms with van der Waals surface area (Å²) in [4.78, 5) is 8.50. The zero-order valence-corrected chi connectivity index (χ0v) is 11.5. The van der Waals surface area contributed by atoms with E-state index >= 15 is 0 Å². The highest BCUT2D eigenvalue weighted by atomic mass is 16.5. The van der Waals surface area contributed by atoms with Crippen LogP contribution in [0.25, 0.3) is 0 Å². The highest BCUT2D eigenvalue weighted by Crippen LogP contribution is 2.26. The van der Waals surface area contributed by atoms with E-state index in [-0.39, 0.29) is 0 Å². The first kappa shape index (κ1) is 12.7. The molecule has 5 nitrogen and oxygen atoms in total. The maximum Gasteiger partial charge on any atom is 0.224 e. The van der Waals surface area contributed by atoms with Crippen molar-refractivity contribution in [3.63, 3.8) is 0 Å². The highest BCUT2D eigenvalue weighted by Gasteiger charge is 2.19. The van der Waals surface area contributed by atoms with Crippen LogP contribution in [0.15, 0.2) is 30.3 Å². The molecule has 0 saturated carbocycles. The van der Waals surface area contributed by atoms with Crippen molar-refractivity contribution in [1.29, 1.82) is 0 Å². The number of nitrogens with one attached hydrogen (secondary N) is 1. The summed E-state index contributed by atoms with van der Waals surface area (Å²) < 4.78 is 5.77. The minimum absolute atomic E-state index is 0.412. The average Bonchev–Trinajstić information content (AvgIpc) is 2.44. The lowest BCUT2D eigenvalue weighted by atomic mass is 9.97. The second-order valence-electron chi connectivity index (χ2n) is 5.13. The number of fused-ring (bicyclic) bond motifs is 1. The topological polar surface area (TPSA) is 73.1 Å². The first-order valence-electron chi connectivity index (χ1n) is 6.76. The number of para-hydroxylation sites is 1. The number of ether oxygens (including phenoxy) is 1. The fourth-order valence-corrected chi connectivity index (χ4v) is 2.43. The zero-order valence-electron chi connectivity index (χ0n) is 11.5. The van der Waals surface area contributed by atoms with E-state index in [0.717, 1.165) is 24.4 Å². The van der Waals surface area contributed by atoms with Crippen LogP contribution in [-0.4, -0.2) is 23.1 Å². The second-order valence-corrected chi connectivity index (χ2v) is 5.13. The lowest BCUT2D eigenvalue weighted by Gasteiger charge is -2.25. The Morgan fingerprint density at radius 2 is 2.20 bits per heavy atom. The van der Waals surface area contributed by atoms with Gasteiger partial charge < -0.3 is 15.8 Å². The number of aromatic nitrogens is 2. The van der Waals surface area contributed by atoms with Crippen molar-refractivity contribution in [2.24, 2.45) is 5.92 Å². The van der Waals surface area contributed by atoms with E-state index in [4.69, 9.17) is 10.5 Å². The third-order valence-corrected chi connectivity index (χ3v) is 3.38. The highest BCUT2D eigenvalue weighted by molar-refractivity contribution is 5.39. The first-order valence-corrected chi connectivity index (χ1v) is 6.76. The Bertz CT molecular complexity index is 594. The number of hydrogen-bond donors (Lipinski definition) is 2. The largest absolute Gasteiger partial charge is 0.493 e. The maximum atomic E-state index is 5.77. The number of aryl methyl sites for hydroxylation is 1. The van der Waals surface area contributed by atoms with Crippen LogP contribution in [0.1, 0.15) is 11.3 Å². The number of nitrogens with two attached hydrogens (primary N) is 1. The third kappa shape index (κ3) is 2.82. The van der Waals surface area contributed by atoms with Crippen molar-refractivity contribution in [2.75, 3.05) is 24.2 Å². The van der Waals surface area contributed by atoms with Gasteiger partial charge in [0, 0.05) is 24.2 Å². The fourth-order valence-electron chi connectivity index (χ4n) is 2.43. The Hall–Kier alpha value is -2.30. The van der Waals surface area contributed by atoms with Gasteiger partial charge in [0.1, 0.15) is 11.6 Å². The summed E-state index contributed by atoms with van der Waals surface area (Å²) in [5.74, 6) is 2.49. The molecule has 104 valence electrons. The van der Waals surface area contributed by atoms with Gasteiger partial charge in [-0.3, -0.25) is 0 Å². The van der Waals surface area contributed by atoms with Gasteiger partial charge in [0.15, 0.2) is 0 Å². The van der Waals surface area contributed by atoms with E-state index in [1.807, 2.05) is 25.1 Å². The van der Waals surface area contributed by atoms with Crippen LogP contribution in [0.5, 0.6) is 5.75 Å². The quantitative estimate of drug-likeness (QED) is 0.892. The lowest BCUT2D eigenvalue weighted by Crippen LogP contribution is -2.27. The third-order valence-electron chi connectivity index (χ3n) is 3.38. The minimum Gasteiger partial charge on any atom is -0.493 e. The molecule has 0 radical (unpaired) electrons.